The lowest BCUT2D eigenvalue weighted by Gasteiger charge is -2.61. The molecule has 33 heavy (non-hydrogen) atoms. The molecule has 0 saturated heterocycles. The molecular formula is C25H35N3O4S. The van der Waals surface area contributed by atoms with Crippen LogP contribution < -0.4 is 16.2 Å². The fourth-order valence-corrected chi connectivity index (χ4v) is 9.67. The Labute approximate surface area is 196 Å². The lowest BCUT2D eigenvalue weighted by atomic mass is 9.43. The minimum atomic E-state index is -3.96. The summed E-state index contributed by atoms with van der Waals surface area (Å²) in [6, 6.07) is 6.37. The monoisotopic (exact) mass is 473 g/mol. The van der Waals surface area contributed by atoms with E-state index in [4.69, 9.17) is 11.5 Å². The summed E-state index contributed by atoms with van der Waals surface area (Å²) in [4.78, 5) is 26.5. The van der Waals surface area contributed by atoms with Gasteiger partial charge in [0.1, 0.15) is 4.90 Å². The lowest BCUT2D eigenvalue weighted by Crippen LogP contribution is -2.60. The Bertz CT molecular complexity index is 1060. The lowest BCUT2D eigenvalue weighted by molar-refractivity contribution is -0.159. The smallest absolute Gasteiger partial charge is 0.243 e. The minimum absolute atomic E-state index is 0.0187. The molecule has 5 N–H and O–H groups in total. The number of nitrogen functional groups attached to an aromatic ring is 1. The van der Waals surface area contributed by atoms with Crippen molar-refractivity contribution >= 4 is 27.4 Å². The largest absolute Gasteiger partial charge is 0.398 e. The van der Waals surface area contributed by atoms with Crippen LogP contribution >= 0.6 is 0 Å². The second kappa shape index (κ2) is 7.80. The van der Waals surface area contributed by atoms with E-state index in [9.17, 15) is 18.0 Å². The summed E-state index contributed by atoms with van der Waals surface area (Å²) in [6.45, 7) is 0. The number of ketones is 1. The number of benzene rings is 1. The third-order valence-electron chi connectivity index (χ3n) is 9.02. The van der Waals surface area contributed by atoms with Crippen molar-refractivity contribution in [1.29, 1.82) is 0 Å². The van der Waals surface area contributed by atoms with Gasteiger partial charge in [-0.15, -0.1) is 0 Å². The standard InChI is InChI=1S/C25H35N3O4S/c26-19-6-2-3-7-20(19)33(31,32)28-25(8-4-1-5-9-25)21(29)15-23-11-17-10-18(12-23)14-24(13-17,16-23)22(27)30/h2-3,6-7,17-18,28H,1,4-5,8-16,26H2,(H2,27,30). The topological polar surface area (TPSA) is 132 Å². The number of Topliss-reactive ketones (excluding diaryl/α,β-unsaturated/α-hetero) is 1. The van der Waals surface area contributed by atoms with E-state index in [1.165, 1.54) is 6.07 Å². The van der Waals surface area contributed by atoms with E-state index in [1.807, 2.05) is 0 Å². The zero-order valence-electron chi connectivity index (χ0n) is 19.1. The number of hydrogen-bond acceptors (Lipinski definition) is 5. The van der Waals surface area contributed by atoms with Crippen LogP contribution in [0.15, 0.2) is 29.2 Å². The first-order valence-electron chi connectivity index (χ1n) is 12.3. The number of hydrogen-bond donors (Lipinski definition) is 3. The highest BCUT2D eigenvalue weighted by molar-refractivity contribution is 7.89. The van der Waals surface area contributed by atoms with Gasteiger partial charge in [0.15, 0.2) is 5.78 Å². The van der Waals surface area contributed by atoms with Gasteiger partial charge < -0.3 is 11.5 Å². The maximum Gasteiger partial charge on any atom is 0.243 e. The number of carbonyl (C=O) groups excluding carboxylic acids is 2. The fourth-order valence-electron chi connectivity index (χ4n) is 8.09. The molecule has 6 rings (SSSR count). The van der Waals surface area contributed by atoms with Gasteiger partial charge in [-0.2, -0.15) is 4.72 Å². The summed E-state index contributed by atoms with van der Waals surface area (Å²) >= 11 is 0. The quantitative estimate of drug-likeness (QED) is 0.523. The fraction of sp³-hybridized carbons (Fsp3) is 0.680. The van der Waals surface area contributed by atoms with Gasteiger partial charge in [-0.05, 0) is 80.8 Å². The van der Waals surface area contributed by atoms with E-state index in [0.717, 1.165) is 51.4 Å². The average Bonchev–Trinajstić information content (AvgIpc) is 2.73. The predicted octanol–water partition coefficient (Wildman–Crippen LogP) is 3.28. The highest BCUT2D eigenvalue weighted by Crippen LogP contribution is 2.66. The molecule has 0 radical (unpaired) electrons. The SMILES string of the molecule is NC(=O)C12CC3CC(CC(CC(=O)C4(NS(=O)(=O)c5ccccc5N)CCCCC4)(C3)C1)C2. The van der Waals surface area contributed by atoms with Gasteiger partial charge in [-0.3, -0.25) is 9.59 Å². The van der Waals surface area contributed by atoms with Crippen LogP contribution in [0, 0.1) is 22.7 Å². The summed E-state index contributed by atoms with van der Waals surface area (Å²) < 4.78 is 29.5. The zero-order valence-corrected chi connectivity index (χ0v) is 20.0. The number of nitrogens with one attached hydrogen (secondary N) is 1. The van der Waals surface area contributed by atoms with Gasteiger partial charge in [-0.25, -0.2) is 8.42 Å². The van der Waals surface area contributed by atoms with Crippen LogP contribution in [-0.4, -0.2) is 25.6 Å². The Kier molecular flexibility index (Phi) is 5.40. The number of para-hydroxylation sites is 1. The van der Waals surface area contributed by atoms with E-state index in [1.54, 1.807) is 18.2 Å². The number of carbonyl (C=O) groups is 2. The molecule has 2 atom stereocenters. The highest BCUT2D eigenvalue weighted by atomic mass is 32.2. The van der Waals surface area contributed by atoms with Gasteiger partial charge in [0.2, 0.25) is 15.9 Å². The van der Waals surface area contributed by atoms with E-state index in [0.29, 0.717) is 37.5 Å². The third-order valence-corrected chi connectivity index (χ3v) is 10.6. The molecule has 7 nitrogen and oxygen atoms in total. The number of sulfonamides is 1. The Morgan fingerprint density at radius 3 is 2.24 bits per heavy atom. The van der Waals surface area contributed by atoms with Crippen molar-refractivity contribution in [1.82, 2.24) is 4.72 Å². The molecule has 1 aromatic rings. The molecule has 5 saturated carbocycles. The molecule has 0 aliphatic heterocycles. The average molecular weight is 474 g/mol. The van der Waals surface area contributed by atoms with Crippen LogP contribution in [0.3, 0.4) is 0 Å². The summed E-state index contributed by atoms with van der Waals surface area (Å²) in [5.74, 6) is 0.632. The van der Waals surface area contributed by atoms with Crippen molar-refractivity contribution in [2.75, 3.05) is 5.73 Å². The first-order valence-corrected chi connectivity index (χ1v) is 13.8. The molecular weight excluding hydrogens is 438 g/mol. The van der Waals surface area contributed by atoms with E-state index in [2.05, 4.69) is 4.72 Å². The van der Waals surface area contributed by atoms with Crippen LogP contribution in [0.25, 0.3) is 0 Å². The highest BCUT2D eigenvalue weighted by Gasteiger charge is 2.61. The molecule has 1 aromatic carbocycles. The summed E-state index contributed by atoms with van der Waals surface area (Å²) in [5, 5.41) is 0. The molecule has 5 aliphatic rings. The van der Waals surface area contributed by atoms with E-state index >= 15 is 0 Å². The van der Waals surface area contributed by atoms with Crippen molar-refractivity contribution in [3.63, 3.8) is 0 Å². The molecule has 2 unspecified atom stereocenters. The minimum Gasteiger partial charge on any atom is -0.398 e. The third kappa shape index (κ3) is 3.89. The number of anilines is 1. The maximum absolute atomic E-state index is 14.0. The number of amides is 1. The Morgan fingerprint density at radius 2 is 1.64 bits per heavy atom. The second-order valence-corrected chi connectivity index (χ2v) is 13.1. The van der Waals surface area contributed by atoms with Crippen molar-refractivity contribution in [2.24, 2.45) is 28.4 Å². The molecule has 0 spiro atoms. The number of nitrogens with two attached hydrogens (primary N) is 2. The zero-order chi connectivity index (χ0) is 23.5. The van der Waals surface area contributed by atoms with Gasteiger partial charge >= 0.3 is 0 Å². The van der Waals surface area contributed by atoms with Crippen LogP contribution in [0.1, 0.15) is 77.0 Å². The molecule has 4 bridgehead atoms. The molecule has 1 amide bonds. The van der Waals surface area contributed by atoms with Crippen molar-refractivity contribution in [3.05, 3.63) is 24.3 Å². The van der Waals surface area contributed by atoms with E-state index < -0.39 is 21.0 Å². The van der Waals surface area contributed by atoms with Crippen LogP contribution in [-0.2, 0) is 19.6 Å². The maximum atomic E-state index is 14.0. The summed E-state index contributed by atoms with van der Waals surface area (Å²) in [5.41, 5.74) is 10.2. The van der Waals surface area contributed by atoms with Crippen LogP contribution in [0.2, 0.25) is 0 Å². The molecule has 180 valence electrons. The van der Waals surface area contributed by atoms with Gasteiger partial charge in [0.25, 0.3) is 0 Å². The Balaban J connectivity index is 1.44. The van der Waals surface area contributed by atoms with Crippen molar-refractivity contribution in [3.8, 4) is 0 Å². The predicted molar refractivity (Wildman–Crippen MR) is 125 cm³/mol. The molecule has 8 heteroatoms. The van der Waals surface area contributed by atoms with Gasteiger partial charge in [0, 0.05) is 6.42 Å². The molecule has 0 heterocycles. The van der Waals surface area contributed by atoms with Gasteiger partial charge in [-0.1, -0.05) is 31.4 Å². The van der Waals surface area contributed by atoms with Crippen LogP contribution in [0.5, 0.6) is 0 Å². The Hall–Kier alpha value is -1.93. The van der Waals surface area contributed by atoms with Crippen molar-refractivity contribution < 1.29 is 18.0 Å². The first-order chi connectivity index (χ1) is 15.6. The number of rotatable bonds is 7. The molecule has 0 aromatic heterocycles. The summed E-state index contributed by atoms with van der Waals surface area (Å²) in [6.07, 6.45) is 9.30. The number of primary amides is 1. The van der Waals surface area contributed by atoms with Crippen molar-refractivity contribution in [2.45, 2.75) is 87.5 Å². The normalized spacial score (nSPS) is 34.8. The van der Waals surface area contributed by atoms with E-state index in [-0.39, 0.29) is 27.7 Å². The second-order valence-electron chi connectivity index (χ2n) is 11.5. The van der Waals surface area contributed by atoms with Crippen LogP contribution in [0.4, 0.5) is 5.69 Å². The first kappa shape index (κ1) is 22.8. The Morgan fingerprint density at radius 1 is 1.00 bits per heavy atom. The summed E-state index contributed by atoms with van der Waals surface area (Å²) in [7, 11) is -3.96. The van der Waals surface area contributed by atoms with Gasteiger partial charge in [0.05, 0.1) is 16.6 Å². The molecule has 5 aliphatic carbocycles. The molecule has 5 fully saturated rings.